The number of hydrogen-bond acceptors (Lipinski definition) is 3. The van der Waals surface area contributed by atoms with E-state index in [1.165, 1.54) is 69.9 Å². The topological polar surface area (TPSA) is 42.2 Å². The van der Waals surface area contributed by atoms with Gasteiger partial charge in [0.05, 0.1) is 18.8 Å². The second kappa shape index (κ2) is 10.2. The normalized spacial score (nSPS) is 28.6. The first-order valence-electron chi connectivity index (χ1n) is 10.6. The lowest BCUT2D eigenvalue weighted by Crippen LogP contribution is -2.34. The van der Waals surface area contributed by atoms with Gasteiger partial charge in [-0.25, -0.2) is 4.39 Å². The van der Waals surface area contributed by atoms with Gasteiger partial charge in [0, 0.05) is 11.5 Å². The van der Waals surface area contributed by atoms with E-state index in [1.807, 2.05) is 6.07 Å². The molecule has 3 nitrogen and oxygen atoms in total. The molecule has 1 saturated heterocycles. The van der Waals surface area contributed by atoms with Crippen LogP contribution in [0.5, 0.6) is 0 Å². The second-order valence-corrected chi connectivity index (χ2v) is 8.24. The summed E-state index contributed by atoms with van der Waals surface area (Å²) in [4.78, 5) is 0. The van der Waals surface area contributed by atoms with E-state index in [2.05, 4.69) is 6.92 Å². The highest BCUT2D eigenvalue weighted by Gasteiger charge is 2.32. The van der Waals surface area contributed by atoms with Gasteiger partial charge in [0.2, 0.25) is 0 Å². The van der Waals surface area contributed by atoms with Crippen LogP contribution in [0.3, 0.4) is 0 Å². The maximum absolute atomic E-state index is 13.8. The molecule has 0 radical (unpaired) electrons. The van der Waals surface area contributed by atoms with Crippen molar-refractivity contribution in [1.82, 2.24) is 0 Å². The van der Waals surface area contributed by atoms with Gasteiger partial charge in [-0.15, -0.1) is 0 Å². The van der Waals surface area contributed by atoms with Crippen molar-refractivity contribution in [3.63, 3.8) is 0 Å². The molecule has 0 N–H and O–H groups in total. The van der Waals surface area contributed by atoms with E-state index in [-0.39, 0.29) is 5.56 Å². The molecule has 1 aliphatic heterocycles. The Hall–Kier alpha value is -1.44. The highest BCUT2D eigenvalue weighted by Crippen LogP contribution is 2.38. The maximum atomic E-state index is 13.8. The van der Waals surface area contributed by atoms with Crippen molar-refractivity contribution in [1.29, 1.82) is 5.26 Å². The minimum absolute atomic E-state index is 0.0545. The number of hydrogen-bond donors (Lipinski definition) is 0. The standard InChI is InChI=1S/C23H32FNO2/c1-2-3-4-5-6-17-7-9-18(10-8-17)21-15-26-23(27-16-21)19-11-12-20(14-25)22(24)13-19/h11-13,17-18,21,23H,2-10,15-16H2,1H3/t17?,18?,21-,23-. The van der Waals surface area contributed by atoms with Crippen LogP contribution in [-0.2, 0) is 9.47 Å². The fourth-order valence-corrected chi connectivity index (χ4v) is 4.56. The first-order chi connectivity index (χ1) is 13.2. The quantitative estimate of drug-likeness (QED) is 0.539. The zero-order chi connectivity index (χ0) is 19.1. The lowest BCUT2D eigenvalue weighted by molar-refractivity contribution is -0.214. The van der Waals surface area contributed by atoms with Crippen LogP contribution < -0.4 is 0 Å². The van der Waals surface area contributed by atoms with E-state index in [0.29, 0.717) is 30.6 Å². The van der Waals surface area contributed by atoms with Crippen molar-refractivity contribution < 1.29 is 13.9 Å². The van der Waals surface area contributed by atoms with Gasteiger partial charge in [0.1, 0.15) is 11.9 Å². The molecule has 27 heavy (non-hydrogen) atoms. The van der Waals surface area contributed by atoms with E-state index >= 15 is 0 Å². The Morgan fingerprint density at radius 2 is 1.78 bits per heavy atom. The summed E-state index contributed by atoms with van der Waals surface area (Å²) in [5.41, 5.74) is 0.708. The van der Waals surface area contributed by atoms with Gasteiger partial charge >= 0.3 is 0 Å². The smallest absolute Gasteiger partial charge is 0.183 e. The van der Waals surface area contributed by atoms with Crippen molar-refractivity contribution >= 4 is 0 Å². The highest BCUT2D eigenvalue weighted by molar-refractivity contribution is 5.33. The number of benzene rings is 1. The Morgan fingerprint density at radius 3 is 2.41 bits per heavy atom. The Morgan fingerprint density at radius 1 is 1.04 bits per heavy atom. The molecule has 1 aromatic rings. The van der Waals surface area contributed by atoms with Crippen LogP contribution in [0.25, 0.3) is 0 Å². The van der Waals surface area contributed by atoms with Crippen molar-refractivity contribution in [3.05, 3.63) is 35.1 Å². The summed E-state index contributed by atoms with van der Waals surface area (Å²) in [6.07, 6.45) is 11.6. The summed E-state index contributed by atoms with van der Waals surface area (Å²) < 4.78 is 25.6. The molecule has 0 spiro atoms. The second-order valence-electron chi connectivity index (χ2n) is 8.24. The van der Waals surface area contributed by atoms with Gasteiger partial charge < -0.3 is 9.47 Å². The van der Waals surface area contributed by atoms with Crippen LogP contribution in [0, 0.1) is 34.9 Å². The Balaban J connectivity index is 1.41. The van der Waals surface area contributed by atoms with Crippen molar-refractivity contribution in [2.45, 2.75) is 71.0 Å². The molecule has 2 aliphatic rings. The number of ether oxygens (including phenoxy) is 2. The van der Waals surface area contributed by atoms with Gasteiger partial charge in [0.25, 0.3) is 0 Å². The fourth-order valence-electron chi connectivity index (χ4n) is 4.56. The SMILES string of the molecule is CCCCCCC1CCC([C@H]2CO[C@H](c3ccc(C#N)c(F)c3)OC2)CC1. The van der Waals surface area contributed by atoms with Crippen LogP contribution in [0.1, 0.15) is 82.1 Å². The third-order valence-corrected chi connectivity index (χ3v) is 6.33. The molecular formula is C23H32FNO2. The van der Waals surface area contributed by atoms with Crippen LogP contribution in [-0.4, -0.2) is 13.2 Å². The molecule has 3 rings (SSSR count). The molecular weight excluding hydrogens is 341 g/mol. The summed E-state index contributed by atoms with van der Waals surface area (Å²) in [6.45, 7) is 3.62. The van der Waals surface area contributed by atoms with Crippen molar-refractivity contribution in [2.75, 3.05) is 13.2 Å². The van der Waals surface area contributed by atoms with Crippen molar-refractivity contribution in [2.24, 2.45) is 17.8 Å². The average Bonchev–Trinajstić information content (AvgIpc) is 2.72. The Labute approximate surface area is 162 Å². The lowest BCUT2D eigenvalue weighted by Gasteiger charge is -2.38. The Bertz CT molecular complexity index is 626. The minimum atomic E-state index is -0.515. The summed E-state index contributed by atoms with van der Waals surface area (Å²) in [5.74, 6) is 1.54. The molecule has 2 fully saturated rings. The molecule has 148 valence electrons. The van der Waals surface area contributed by atoms with Gasteiger partial charge in [0.15, 0.2) is 6.29 Å². The van der Waals surface area contributed by atoms with Crippen LogP contribution in [0.15, 0.2) is 18.2 Å². The first-order valence-corrected chi connectivity index (χ1v) is 10.6. The predicted octanol–water partition coefficient (Wildman–Crippen LogP) is 6.14. The van der Waals surface area contributed by atoms with Gasteiger partial charge in [-0.1, -0.05) is 57.9 Å². The summed E-state index contributed by atoms with van der Waals surface area (Å²) in [5, 5.41) is 8.84. The molecule has 0 amide bonds. The number of unbranched alkanes of at least 4 members (excludes halogenated alkanes) is 3. The zero-order valence-corrected chi connectivity index (χ0v) is 16.5. The summed E-state index contributed by atoms with van der Waals surface area (Å²) in [7, 11) is 0. The number of rotatable bonds is 7. The highest BCUT2D eigenvalue weighted by atomic mass is 19.1. The van der Waals surface area contributed by atoms with Gasteiger partial charge in [-0.05, 0) is 36.8 Å². The number of halogens is 1. The van der Waals surface area contributed by atoms with E-state index in [9.17, 15) is 4.39 Å². The fraction of sp³-hybridized carbons (Fsp3) is 0.696. The molecule has 1 aromatic carbocycles. The molecule has 1 aliphatic carbocycles. The van der Waals surface area contributed by atoms with Crippen LogP contribution >= 0.6 is 0 Å². The van der Waals surface area contributed by atoms with Gasteiger partial charge in [-0.2, -0.15) is 5.26 Å². The molecule has 1 saturated carbocycles. The zero-order valence-electron chi connectivity index (χ0n) is 16.5. The summed E-state index contributed by atoms with van der Waals surface area (Å²) >= 11 is 0. The predicted molar refractivity (Wildman–Crippen MR) is 103 cm³/mol. The third kappa shape index (κ3) is 5.53. The summed E-state index contributed by atoms with van der Waals surface area (Å²) in [6, 6.07) is 6.41. The molecule has 0 atom stereocenters. The molecule has 0 unspecified atom stereocenters. The third-order valence-electron chi connectivity index (χ3n) is 6.33. The first kappa shape index (κ1) is 20.3. The maximum Gasteiger partial charge on any atom is 0.183 e. The number of nitriles is 1. The number of nitrogens with zero attached hydrogens (tertiary/aromatic N) is 1. The van der Waals surface area contributed by atoms with E-state index < -0.39 is 12.1 Å². The van der Waals surface area contributed by atoms with Crippen molar-refractivity contribution in [3.8, 4) is 6.07 Å². The van der Waals surface area contributed by atoms with Crippen LogP contribution in [0.2, 0.25) is 0 Å². The van der Waals surface area contributed by atoms with Gasteiger partial charge in [-0.3, -0.25) is 0 Å². The molecule has 0 aromatic heterocycles. The molecule has 1 heterocycles. The molecule has 0 bridgehead atoms. The Kier molecular flexibility index (Phi) is 7.67. The van der Waals surface area contributed by atoms with E-state index in [4.69, 9.17) is 14.7 Å². The monoisotopic (exact) mass is 373 g/mol. The molecule has 4 heteroatoms. The van der Waals surface area contributed by atoms with Crippen LogP contribution in [0.4, 0.5) is 4.39 Å². The lowest BCUT2D eigenvalue weighted by atomic mass is 9.74. The minimum Gasteiger partial charge on any atom is -0.348 e. The largest absolute Gasteiger partial charge is 0.348 e. The van der Waals surface area contributed by atoms with E-state index in [1.54, 1.807) is 6.07 Å². The van der Waals surface area contributed by atoms with E-state index in [0.717, 1.165) is 5.92 Å². The average molecular weight is 374 g/mol.